The molecular weight excluding hydrogens is 282 g/mol. The molecule has 5 heteroatoms. The zero-order valence-corrected chi connectivity index (χ0v) is 12.2. The maximum absolute atomic E-state index is 11.6. The monoisotopic (exact) mass is 301 g/mol. The lowest BCUT2D eigenvalue weighted by Crippen LogP contribution is -2.26. The molecule has 0 heterocycles. The van der Waals surface area contributed by atoms with Crippen LogP contribution in [0.5, 0.6) is 5.75 Å². The van der Waals surface area contributed by atoms with E-state index in [0.717, 1.165) is 11.1 Å². The Morgan fingerprint density at radius 2 is 1.86 bits per heavy atom. The second-order valence-corrected chi connectivity index (χ2v) is 4.86. The van der Waals surface area contributed by atoms with Gasteiger partial charge in [-0.15, -0.1) is 0 Å². The van der Waals surface area contributed by atoms with Crippen LogP contribution < -0.4 is 5.32 Å². The predicted octanol–water partition coefficient (Wildman–Crippen LogP) is 2.35. The summed E-state index contributed by atoms with van der Waals surface area (Å²) >= 11 is 0. The number of benzene rings is 2. The van der Waals surface area contributed by atoms with Gasteiger partial charge in [0.25, 0.3) is 0 Å². The number of aliphatic hydroxyl groups is 1. The quantitative estimate of drug-likeness (QED) is 0.765. The molecule has 0 saturated heterocycles. The van der Waals surface area contributed by atoms with E-state index in [1.807, 2.05) is 30.3 Å². The SMILES string of the molecule is O=C(NCCc1ccc(O)c(CO)c1)OCc1ccccc1. The van der Waals surface area contributed by atoms with Crippen LogP contribution in [-0.2, 0) is 24.4 Å². The van der Waals surface area contributed by atoms with Crippen molar-refractivity contribution in [2.75, 3.05) is 6.54 Å². The van der Waals surface area contributed by atoms with Crippen LogP contribution in [0.3, 0.4) is 0 Å². The lowest BCUT2D eigenvalue weighted by Gasteiger charge is -2.08. The molecule has 2 aromatic carbocycles. The zero-order chi connectivity index (χ0) is 15.8. The van der Waals surface area contributed by atoms with Gasteiger partial charge in [0.05, 0.1) is 6.61 Å². The summed E-state index contributed by atoms with van der Waals surface area (Å²) in [4.78, 5) is 11.6. The molecule has 0 bridgehead atoms. The summed E-state index contributed by atoms with van der Waals surface area (Å²) in [5.74, 6) is 0.0708. The van der Waals surface area contributed by atoms with Crippen molar-refractivity contribution < 1.29 is 19.7 Å². The molecule has 0 unspecified atom stereocenters. The van der Waals surface area contributed by atoms with E-state index in [1.54, 1.807) is 12.1 Å². The summed E-state index contributed by atoms with van der Waals surface area (Å²) in [6, 6.07) is 14.5. The Labute approximate surface area is 129 Å². The van der Waals surface area contributed by atoms with Gasteiger partial charge in [-0.2, -0.15) is 0 Å². The summed E-state index contributed by atoms with van der Waals surface area (Å²) < 4.78 is 5.10. The molecule has 2 rings (SSSR count). The summed E-state index contributed by atoms with van der Waals surface area (Å²) in [6.07, 6.45) is 0.123. The van der Waals surface area contributed by atoms with Crippen molar-refractivity contribution in [1.29, 1.82) is 0 Å². The molecule has 0 aliphatic carbocycles. The number of carbonyl (C=O) groups excluding carboxylic acids is 1. The van der Waals surface area contributed by atoms with Crippen LogP contribution in [0.15, 0.2) is 48.5 Å². The Morgan fingerprint density at radius 1 is 1.09 bits per heavy atom. The van der Waals surface area contributed by atoms with E-state index in [4.69, 9.17) is 9.84 Å². The summed E-state index contributed by atoms with van der Waals surface area (Å²) in [5, 5.41) is 21.2. The lowest BCUT2D eigenvalue weighted by molar-refractivity contribution is 0.140. The number of phenols is 1. The Kier molecular flexibility index (Phi) is 5.80. The van der Waals surface area contributed by atoms with Crippen LogP contribution in [0.4, 0.5) is 4.79 Å². The lowest BCUT2D eigenvalue weighted by atomic mass is 10.1. The van der Waals surface area contributed by atoms with Gasteiger partial charge in [0.2, 0.25) is 0 Å². The van der Waals surface area contributed by atoms with Gasteiger partial charge >= 0.3 is 6.09 Å². The van der Waals surface area contributed by atoms with E-state index >= 15 is 0 Å². The van der Waals surface area contributed by atoms with Gasteiger partial charge in [0.1, 0.15) is 12.4 Å². The van der Waals surface area contributed by atoms with E-state index in [9.17, 15) is 9.90 Å². The molecule has 22 heavy (non-hydrogen) atoms. The second-order valence-electron chi connectivity index (χ2n) is 4.86. The highest BCUT2D eigenvalue weighted by Gasteiger charge is 2.04. The minimum atomic E-state index is -0.468. The first kappa shape index (κ1) is 15.9. The van der Waals surface area contributed by atoms with E-state index < -0.39 is 6.09 Å². The molecule has 0 spiro atoms. The first-order valence-electron chi connectivity index (χ1n) is 7.05. The average Bonchev–Trinajstić information content (AvgIpc) is 2.55. The molecule has 1 amide bonds. The number of alkyl carbamates (subject to hydrolysis) is 1. The minimum Gasteiger partial charge on any atom is -0.508 e. The highest BCUT2D eigenvalue weighted by atomic mass is 16.5. The maximum atomic E-state index is 11.6. The smallest absolute Gasteiger partial charge is 0.407 e. The molecule has 0 atom stereocenters. The number of rotatable bonds is 6. The molecule has 116 valence electrons. The molecule has 0 aliphatic rings. The van der Waals surface area contributed by atoms with Gasteiger partial charge in [-0.1, -0.05) is 36.4 Å². The largest absolute Gasteiger partial charge is 0.508 e. The van der Waals surface area contributed by atoms with Gasteiger partial charge < -0.3 is 20.3 Å². The highest BCUT2D eigenvalue weighted by molar-refractivity contribution is 5.67. The number of nitrogens with one attached hydrogen (secondary N) is 1. The average molecular weight is 301 g/mol. The maximum Gasteiger partial charge on any atom is 0.407 e. The Hall–Kier alpha value is -2.53. The number of amides is 1. The number of ether oxygens (including phenoxy) is 1. The van der Waals surface area contributed by atoms with Gasteiger partial charge in [0.15, 0.2) is 0 Å². The van der Waals surface area contributed by atoms with Gasteiger partial charge in [-0.25, -0.2) is 4.79 Å². The summed E-state index contributed by atoms with van der Waals surface area (Å²) in [5.41, 5.74) is 2.33. The fourth-order valence-electron chi connectivity index (χ4n) is 2.00. The van der Waals surface area contributed by atoms with Crippen LogP contribution in [0, 0.1) is 0 Å². The van der Waals surface area contributed by atoms with Crippen molar-refractivity contribution in [1.82, 2.24) is 5.32 Å². The number of carbonyl (C=O) groups is 1. The van der Waals surface area contributed by atoms with Gasteiger partial charge in [-0.3, -0.25) is 0 Å². The molecule has 0 saturated carbocycles. The van der Waals surface area contributed by atoms with E-state index in [0.29, 0.717) is 18.5 Å². The van der Waals surface area contributed by atoms with Gasteiger partial charge in [0, 0.05) is 12.1 Å². The molecule has 0 aromatic heterocycles. The van der Waals surface area contributed by atoms with Crippen LogP contribution in [0.2, 0.25) is 0 Å². The van der Waals surface area contributed by atoms with Crippen LogP contribution in [-0.4, -0.2) is 22.9 Å². The Morgan fingerprint density at radius 3 is 2.59 bits per heavy atom. The normalized spacial score (nSPS) is 10.2. The van der Waals surface area contributed by atoms with Crippen molar-refractivity contribution in [3.63, 3.8) is 0 Å². The third-order valence-electron chi connectivity index (χ3n) is 3.21. The molecular formula is C17H19NO4. The second kappa shape index (κ2) is 8.05. The number of hydrogen-bond acceptors (Lipinski definition) is 4. The van der Waals surface area contributed by atoms with E-state index in [1.165, 1.54) is 6.07 Å². The third kappa shape index (κ3) is 4.79. The third-order valence-corrected chi connectivity index (χ3v) is 3.21. The van der Waals surface area contributed by atoms with Crippen LogP contribution in [0.1, 0.15) is 16.7 Å². The van der Waals surface area contributed by atoms with Gasteiger partial charge in [-0.05, 0) is 29.7 Å². The van der Waals surface area contributed by atoms with Crippen molar-refractivity contribution in [3.05, 3.63) is 65.2 Å². The summed E-state index contributed by atoms with van der Waals surface area (Å²) in [6.45, 7) is 0.441. The van der Waals surface area contributed by atoms with Crippen molar-refractivity contribution >= 4 is 6.09 Å². The molecule has 0 aliphatic heterocycles. The topological polar surface area (TPSA) is 78.8 Å². The fourth-order valence-corrected chi connectivity index (χ4v) is 2.00. The fraction of sp³-hybridized carbons (Fsp3) is 0.235. The van der Waals surface area contributed by atoms with Crippen LogP contribution >= 0.6 is 0 Å². The van der Waals surface area contributed by atoms with E-state index in [2.05, 4.69) is 5.32 Å². The molecule has 0 fully saturated rings. The van der Waals surface area contributed by atoms with Crippen molar-refractivity contribution in [2.45, 2.75) is 19.6 Å². The molecule has 5 nitrogen and oxygen atoms in total. The van der Waals surface area contributed by atoms with Crippen molar-refractivity contribution in [2.24, 2.45) is 0 Å². The zero-order valence-electron chi connectivity index (χ0n) is 12.2. The first-order valence-corrected chi connectivity index (χ1v) is 7.05. The number of aliphatic hydroxyl groups excluding tert-OH is 1. The Balaban J connectivity index is 1.73. The molecule has 2 aromatic rings. The Bertz CT molecular complexity index is 613. The van der Waals surface area contributed by atoms with E-state index in [-0.39, 0.29) is 19.0 Å². The first-order chi connectivity index (χ1) is 10.7. The molecule has 0 radical (unpaired) electrons. The predicted molar refractivity (Wildman–Crippen MR) is 82.4 cm³/mol. The van der Waals surface area contributed by atoms with Crippen LogP contribution in [0.25, 0.3) is 0 Å². The number of aromatic hydroxyl groups is 1. The molecule has 3 N–H and O–H groups in total. The van der Waals surface area contributed by atoms with Crippen molar-refractivity contribution in [3.8, 4) is 5.75 Å². The number of hydrogen-bond donors (Lipinski definition) is 3. The summed E-state index contributed by atoms with van der Waals surface area (Å²) in [7, 11) is 0. The minimum absolute atomic E-state index is 0.0708. The highest BCUT2D eigenvalue weighted by Crippen LogP contribution is 2.18. The standard InChI is InChI=1S/C17H19NO4/c19-11-15-10-13(6-7-16(15)20)8-9-18-17(21)22-12-14-4-2-1-3-5-14/h1-7,10,19-20H,8-9,11-12H2,(H,18,21).